The molecule has 2 N–H and O–H groups in total. The Morgan fingerprint density at radius 3 is 2.67 bits per heavy atom. The SMILES string of the molecule is CCOC(=N)c1ccc(O)c(OCC)c1. The lowest BCUT2D eigenvalue weighted by Crippen LogP contribution is -2.05. The zero-order chi connectivity index (χ0) is 11.3. The van der Waals surface area contributed by atoms with Crippen LogP contribution in [0.5, 0.6) is 11.5 Å². The summed E-state index contributed by atoms with van der Waals surface area (Å²) < 4.78 is 10.3. The number of phenols is 1. The number of rotatable bonds is 4. The molecule has 4 nitrogen and oxygen atoms in total. The van der Waals surface area contributed by atoms with Gasteiger partial charge in [0.15, 0.2) is 11.5 Å². The summed E-state index contributed by atoms with van der Waals surface area (Å²) in [5.41, 5.74) is 0.595. The van der Waals surface area contributed by atoms with Crippen LogP contribution in [0.15, 0.2) is 18.2 Å². The molecule has 4 heteroatoms. The molecule has 0 heterocycles. The average molecular weight is 209 g/mol. The van der Waals surface area contributed by atoms with Crippen LogP contribution in [0.1, 0.15) is 19.4 Å². The van der Waals surface area contributed by atoms with Crippen molar-refractivity contribution in [2.24, 2.45) is 0 Å². The normalized spacial score (nSPS) is 9.73. The van der Waals surface area contributed by atoms with Crippen molar-refractivity contribution in [1.29, 1.82) is 5.41 Å². The maximum absolute atomic E-state index is 9.44. The molecule has 0 fully saturated rings. The molecule has 1 aromatic rings. The van der Waals surface area contributed by atoms with Crippen molar-refractivity contribution in [3.05, 3.63) is 23.8 Å². The average Bonchev–Trinajstić information content (AvgIpc) is 2.22. The minimum Gasteiger partial charge on any atom is -0.504 e. The van der Waals surface area contributed by atoms with Crippen LogP contribution in [0.2, 0.25) is 0 Å². The van der Waals surface area contributed by atoms with Crippen LogP contribution in [0.4, 0.5) is 0 Å². The van der Waals surface area contributed by atoms with Crippen molar-refractivity contribution in [2.45, 2.75) is 13.8 Å². The topological polar surface area (TPSA) is 62.5 Å². The van der Waals surface area contributed by atoms with Gasteiger partial charge in [0.05, 0.1) is 13.2 Å². The highest BCUT2D eigenvalue weighted by atomic mass is 16.5. The lowest BCUT2D eigenvalue weighted by atomic mass is 10.2. The Bertz CT molecular complexity index is 350. The number of benzene rings is 1. The molecule has 0 unspecified atom stereocenters. The Balaban J connectivity index is 2.91. The smallest absolute Gasteiger partial charge is 0.213 e. The van der Waals surface area contributed by atoms with Gasteiger partial charge in [0.1, 0.15) is 0 Å². The molecule has 82 valence electrons. The van der Waals surface area contributed by atoms with Crippen LogP contribution in [0.25, 0.3) is 0 Å². The van der Waals surface area contributed by atoms with Gasteiger partial charge in [0.2, 0.25) is 5.90 Å². The Morgan fingerprint density at radius 1 is 1.33 bits per heavy atom. The number of phenolic OH excluding ortho intramolecular Hbond substituents is 1. The van der Waals surface area contributed by atoms with E-state index in [9.17, 15) is 5.11 Å². The second kappa shape index (κ2) is 5.24. The molecule has 0 aliphatic heterocycles. The zero-order valence-corrected chi connectivity index (χ0v) is 8.91. The van der Waals surface area contributed by atoms with Gasteiger partial charge in [0.25, 0.3) is 0 Å². The maximum atomic E-state index is 9.44. The second-order valence-electron chi connectivity index (χ2n) is 2.88. The summed E-state index contributed by atoms with van der Waals surface area (Å²) >= 11 is 0. The number of nitrogens with one attached hydrogen (secondary N) is 1. The van der Waals surface area contributed by atoms with E-state index in [0.717, 1.165) is 0 Å². The van der Waals surface area contributed by atoms with E-state index in [1.54, 1.807) is 12.1 Å². The number of hydrogen-bond donors (Lipinski definition) is 2. The first-order valence-electron chi connectivity index (χ1n) is 4.86. The summed E-state index contributed by atoms with van der Waals surface area (Å²) in [5, 5.41) is 17.0. The van der Waals surface area contributed by atoms with Crippen molar-refractivity contribution in [2.75, 3.05) is 13.2 Å². The van der Waals surface area contributed by atoms with E-state index in [4.69, 9.17) is 14.9 Å². The number of aromatic hydroxyl groups is 1. The first-order valence-corrected chi connectivity index (χ1v) is 4.86. The molecule has 15 heavy (non-hydrogen) atoms. The Kier molecular flexibility index (Phi) is 3.97. The standard InChI is InChI=1S/C11H15NO3/c1-3-14-10-7-8(5-6-9(10)13)11(12)15-4-2/h5-7,12-13H,3-4H2,1-2H3. The van der Waals surface area contributed by atoms with Gasteiger partial charge in [-0.2, -0.15) is 0 Å². The summed E-state index contributed by atoms with van der Waals surface area (Å²) in [6, 6.07) is 4.71. The van der Waals surface area contributed by atoms with Crippen molar-refractivity contribution >= 4 is 5.90 Å². The predicted octanol–water partition coefficient (Wildman–Crippen LogP) is 2.15. The Labute approximate surface area is 89.0 Å². The molecular formula is C11H15NO3. The van der Waals surface area contributed by atoms with Gasteiger partial charge >= 0.3 is 0 Å². The van der Waals surface area contributed by atoms with E-state index in [0.29, 0.717) is 24.5 Å². The van der Waals surface area contributed by atoms with Crippen LogP contribution < -0.4 is 4.74 Å². The van der Waals surface area contributed by atoms with Gasteiger partial charge < -0.3 is 14.6 Å². The highest BCUT2D eigenvalue weighted by Crippen LogP contribution is 2.26. The molecule has 0 saturated heterocycles. The van der Waals surface area contributed by atoms with Gasteiger partial charge in [-0.15, -0.1) is 0 Å². The van der Waals surface area contributed by atoms with Crippen molar-refractivity contribution < 1.29 is 14.6 Å². The lowest BCUT2D eigenvalue weighted by Gasteiger charge is -2.09. The number of hydrogen-bond acceptors (Lipinski definition) is 4. The fourth-order valence-corrected chi connectivity index (χ4v) is 1.15. The largest absolute Gasteiger partial charge is 0.504 e. The minimum absolute atomic E-state index is 0.0740. The Hall–Kier alpha value is -1.71. The van der Waals surface area contributed by atoms with Gasteiger partial charge in [0, 0.05) is 5.56 Å². The third-order valence-electron chi connectivity index (χ3n) is 1.81. The lowest BCUT2D eigenvalue weighted by molar-refractivity contribution is 0.315. The molecular weight excluding hydrogens is 194 g/mol. The van der Waals surface area contributed by atoms with Crippen LogP contribution in [-0.2, 0) is 4.74 Å². The van der Waals surface area contributed by atoms with Crippen molar-refractivity contribution in [1.82, 2.24) is 0 Å². The molecule has 0 radical (unpaired) electrons. The fourth-order valence-electron chi connectivity index (χ4n) is 1.15. The van der Waals surface area contributed by atoms with Gasteiger partial charge in [-0.05, 0) is 32.0 Å². The molecule has 0 saturated carbocycles. The van der Waals surface area contributed by atoms with Crippen molar-refractivity contribution in [3.63, 3.8) is 0 Å². The van der Waals surface area contributed by atoms with E-state index in [1.165, 1.54) is 6.07 Å². The van der Waals surface area contributed by atoms with Crippen LogP contribution in [0.3, 0.4) is 0 Å². The quantitative estimate of drug-likeness (QED) is 0.590. The summed E-state index contributed by atoms with van der Waals surface area (Å²) in [5.74, 6) is 0.530. The highest BCUT2D eigenvalue weighted by molar-refractivity contribution is 5.92. The molecule has 0 aliphatic carbocycles. The highest BCUT2D eigenvalue weighted by Gasteiger charge is 2.07. The van der Waals surface area contributed by atoms with E-state index in [1.807, 2.05) is 13.8 Å². The number of ether oxygens (including phenoxy) is 2. The molecule has 0 aliphatic rings. The summed E-state index contributed by atoms with van der Waals surface area (Å²) in [6.07, 6.45) is 0. The minimum atomic E-state index is 0.0740. The predicted molar refractivity (Wildman–Crippen MR) is 57.7 cm³/mol. The molecule has 0 atom stereocenters. The summed E-state index contributed by atoms with van der Waals surface area (Å²) in [7, 11) is 0. The Morgan fingerprint density at radius 2 is 2.07 bits per heavy atom. The van der Waals surface area contributed by atoms with Crippen molar-refractivity contribution in [3.8, 4) is 11.5 Å². The van der Waals surface area contributed by atoms with Crippen LogP contribution in [0, 0.1) is 5.41 Å². The summed E-state index contributed by atoms with van der Waals surface area (Å²) in [6.45, 7) is 4.57. The fraction of sp³-hybridized carbons (Fsp3) is 0.364. The monoisotopic (exact) mass is 209 g/mol. The maximum Gasteiger partial charge on any atom is 0.213 e. The third-order valence-corrected chi connectivity index (χ3v) is 1.81. The first-order chi connectivity index (χ1) is 7.19. The molecule has 0 spiro atoms. The first kappa shape index (κ1) is 11.4. The third kappa shape index (κ3) is 2.87. The molecule has 1 rings (SSSR count). The van der Waals surface area contributed by atoms with E-state index in [-0.39, 0.29) is 11.6 Å². The van der Waals surface area contributed by atoms with Gasteiger partial charge in [-0.25, -0.2) is 0 Å². The molecule has 1 aromatic carbocycles. The van der Waals surface area contributed by atoms with Crippen LogP contribution >= 0.6 is 0 Å². The van der Waals surface area contributed by atoms with E-state index < -0.39 is 0 Å². The second-order valence-corrected chi connectivity index (χ2v) is 2.88. The van der Waals surface area contributed by atoms with Crippen LogP contribution in [-0.4, -0.2) is 24.2 Å². The summed E-state index contributed by atoms with van der Waals surface area (Å²) in [4.78, 5) is 0. The van der Waals surface area contributed by atoms with E-state index in [2.05, 4.69) is 0 Å². The molecule has 0 amide bonds. The molecule has 0 bridgehead atoms. The van der Waals surface area contributed by atoms with Gasteiger partial charge in [-0.3, -0.25) is 5.41 Å². The zero-order valence-electron chi connectivity index (χ0n) is 8.91. The van der Waals surface area contributed by atoms with E-state index >= 15 is 0 Å². The van der Waals surface area contributed by atoms with Gasteiger partial charge in [-0.1, -0.05) is 0 Å². The molecule has 0 aromatic heterocycles.